The first-order valence-electron chi connectivity index (χ1n) is 6.24. The summed E-state index contributed by atoms with van der Waals surface area (Å²) in [7, 11) is 0. The Balaban J connectivity index is 2.37. The Morgan fingerprint density at radius 1 is 1.32 bits per heavy atom. The molecule has 0 aliphatic rings. The van der Waals surface area contributed by atoms with Gasteiger partial charge in [-0.25, -0.2) is 9.48 Å². The van der Waals surface area contributed by atoms with E-state index in [1.807, 2.05) is 20.8 Å². The van der Waals surface area contributed by atoms with Gasteiger partial charge in [0.15, 0.2) is 0 Å². The van der Waals surface area contributed by atoms with Crippen LogP contribution in [-0.2, 0) is 13.0 Å². The molecule has 102 valence electrons. The maximum atomic E-state index is 11.8. The fourth-order valence-electron chi connectivity index (χ4n) is 1.78. The molecule has 0 aromatic carbocycles. The molecule has 0 radical (unpaired) electrons. The van der Waals surface area contributed by atoms with Gasteiger partial charge in [-0.1, -0.05) is 12.1 Å². The summed E-state index contributed by atoms with van der Waals surface area (Å²) < 4.78 is 3.09. The smallest absolute Gasteiger partial charge is 0.298 e. The van der Waals surface area contributed by atoms with Crippen LogP contribution in [0.4, 0.5) is 0 Å². The summed E-state index contributed by atoms with van der Waals surface area (Å²) in [6.07, 6.45) is 4.17. The van der Waals surface area contributed by atoms with E-state index in [1.165, 1.54) is 4.57 Å². The van der Waals surface area contributed by atoms with Gasteiger partial charge in [0.05, 0.1) is 17.8 Å². The molecule has 0 bridgehead atoms. The van der Waals surface area contributed by atoms with E-state index in [4.69, 9.17) is 0 Å². The van der Waals surface area contributed by atoms with Crippen LogP contribution in [0.25, 0.3) is 0 Å². The molecule has 1 N–H and O–H groups in total. The van der Waals surface area contributed by atoms with Crippen LogP contribution in [0.5, 0.6) is 0 Å². The summed E-state index contributed by atoms with van der Waals surface area (Å²) in [4.78, 5) is 25.7. The maximum absolute atomic E-state index is 11.8. The molecule has 2 aromatic rings. The first-order chi connectivity index (χ1) is 9.01. The zero-order valence-electron chi connectivity index (χ0n) is 11.3. The lowest BCUT2D eigenvalue weighted by Crippen LogP contribution is -2.33. The molecular weight excluding hydrogens is 246 g/mol. The summed E-state index contributed by atoms with van der Waals surface area (Å²) in [5.41, 5.74) is 0.585. The zero-order chi connectivity index (χ0) is 14.0. The van der Waals surface area contributed by atoms with Gasteiger partial charge in [0.25, 0.3) is 5.56 Å². The quantitative estimate of drug-likeness (QED) is 0.860. The van der Waals surface area contributed by atoms with E-state index in [2.05, 4.69) is 15.3 Å². The van der Waals surface area contributed by atoms with Crippen molar-refractivity contribution in [1.29, 1.82) is 0 Å². The van der Waals surface area contributed by atoms with Crippen molar-refractivity contribution in [1.82, 2.24) is 24.5 Å². The number of H-pyrrole nitrogens is 1. The average molecular weight is 263 g/mol. The molecule has 0 spiro atoms. The number of nitrogens with one attached hydrogen (secondary N) is 1. The predicted molar refractivity (Wildman–Crippen MR) is 70.2 cm³/mol. The topological polar surface area (TPSA) is 85.6 Å². The Bertz CT molecular complexity index is 680. The van der Waals surface area contributed by atoms with Gasteiger partial charge in [0.2, 0.25) is 0 Å². The largest absolute Gasteiger partial charge is 0.328 e. The van der Waals surface area contributed by atoms with E-state index in [1.54, 1.807) is 17.1 Å². The third kappa shape index (κ3) is 2.81. The van der Waals surface area contributed by atoms with Crippen LogP contribution in [0, 0.1) is 0 Å². The third-order valence-corrected chi connectivity index (χ3v) is 2.88. The number of nitrogens with zero attached hydrogens (tertiary/aromatic N) is 4. The number of aromatic nitrogens is 5. The Hall–Kier alpha value is -2.18. The van der Waals surface area contributed by atoms with Gasteiger partial charge in [-0.15, -0.1) is 5.10 Å². The van der Waals surface area contributed by atoms with Gasteiger partial charge >= 0.3 is 5.69 Å². The number of aromatic amines is 1. The van der Waals surface area contributed by atoms with Crippen LogP contribution in [0.3, 0.4) is 0 Å². The molecule has 2 aromatic heterocycles. The zero-order valence-corrected chi connectivity index (χ0v) is 11.3. The molecule has 0 saturated heterocycles. The van der Waals surface area contributed by atoms with Gasteiger partial charge < -0.3 is 0 Å². The standard InChI is InChI=1S/C12H17N5O2/c1-4-10-7-16(15-14-10)5-9-6-17(8(2)3)12(19)13-11(9)18/h6-8H,4-5H2,1-3H3,(H,13,18,19). The fourth-order valence-corrected chi connectivity index (χ4v) is 1.78. The second-order valence-corrected chi connectivity index (χ2v) is 4.68. The van der Waals surface area contributed by atoms with Gasteiger partial charge in [-0.2, -0.15) is 0 Å². The molecule has 7 heteroatoms. The Kier molecular flexibility index (Phi) is 3.64. The van der Waals surface area contributed by atoms with Crippen molar-refractivity contribution in [2.24, 2.45) is 0 Å². The van der Waals surface area contributed by atoms with Gasteiger partial charge in [-0.05, 0) is 20.3 Å². The normalized spacial score (nSPS) is 11.2. The highest BCUT2D eigenvalue weighted by Gasteiger charge is 2.08. The minimum Gasteiger partial charge on any atom is -0.298 e. The molecule has 0 saturated carbocycles. The van der Waals surface area contributed by atoms with E-state index in [9.17, 15) is 9.59 Å². The molecular formula is C12H17N5O2. The highest BCUT2D eigenvalue weighted by atomic mass is 16.2. The Morgan fingerprint density at radius 3 is 2.63 bits per heavy atom. The van der Waals surface area contributed by atoms with E-state index in [-0.39, 0.29) is 11.6 Å². The summed E-state index contributed by atoms with van der Waals surface area (Å²) in [6, 6.07) is -0.00921. The number of hydrogen-bond donors (Lipinski definition) is 1. The summed E-state index contributed by atoms with van der Waals surface area (Å²) in [5, 5.41) is 7.91. The number of hydrogen-bond acceptors (Lipinski definition) is 4. The second-order valence-electron chi connectivity index (χ2n) is 4.68. The summed E-state index contributed by atoms with van der Waals surface area (Å²) >= 11 is 0. The molecule has 0 unspecified atom stereocenters. The van der Waals surface area contributed by atoms with E-state index in [0.29, 0.717) is 12.1 Å². The van der Waals surface area contributed by atoms with Gasteiger partial charge in [0.1, 0.15) is 0 Å². The summed E-state index contributed by atoms with van der Waals surface area (Å²) in [5.74, 6) is 0. The lowest BCUT2D eigenvalue weighted by molar-refractivity contribution is 0.547. The third-order valence-electron chi connectivity index (χ3n) is 2.88. The van der Waals surface area contributed by atoms with Crippen molar-refractivity contribution in [3.63, 3.8) is 0 Å². The SMILES string of the molecule is CCc1cn(Cc2cn(C(C)C)c(=O)[nH]c2=O)nn1. The number of rotatable bonds is 4. The van der Waals surface area contributed by atoms with Crippen molar-refractivity contribution in [3.8, 4) is 0 Å². The molecule has 7 nitrogen and oxygen atoms in total. The fraction of sp³-hybridized carbons (Fsp3) is 0.500. The van der Waals surface area contributed by atoms with Crippen molar-refractivity contribution in [2.45, 2.75) is 39.8 Å². The lowest BCUT2D eigenvalue weighted by atomic mass is 10.3. The monoisotopic (exact) mass is 263 g/mol. The van der Waals surface area contributed by atoms with Crippen LogP contribution in [0.15, 0.2) is 22.0 Å². The maximum Gasteiger partial charge on any atom is 0.328 e. The lowest BCUT2D eigenvalue weighted by Gasteiger charge is -2.10. The minimum atomic E-state index is -0.392. The average Bonchev–Trinajstić information content (AvgIpc) is 2.80. The first kappa shape index (κ1) is 13.3. The summed E-state index contributed by atoms with van der Waals surface area (Å²) in [6.45, 7) is 6.05. The highest BCUT2D eigenvalue weighted by molar-refractivity contribution is 5.06. The van der Waals surface area contributed by atoms with Gasteiger partial charge in [-0.3, -0.25) is 14.3 Å². The van der Waals surface area contributed by atoms with E-state index >= 15 is 0 Å². The molecule has 19 heavy (non-hydrogen) atoms. The van der Waals surface area contributed by atoms with Crippen molar-refractivity contribution < 1.29 is 0 Å². The molecule has 2 heterocycles. The highest BCUT2D eigenvalue weighted by Crippen LogP contribution is 2.01. The molecule has 0 aliphatic heterocycles. The molecule has 0 fully saturated rings. The van der Waals surface area contributed by atoms with Crippen molar-refractivity contribution >= 4 is 0 Å². The first-order valence-corrected chi connectivity index (χ1v) is 6.24. The van der Waals surface area contributed by atoms with Crippen LogP contribution in [0.1, 0.15) is 38.1 Å². The minimum absolute atomic E-state index is 0.00921. The number of aryl methyl sites for hydroxylation is 1. The van der Waals surface area contributed by atoms with Crippen molar-refractivity contribution in [3.05, 3.63) is 44.5 Å². The van der Waals surface area contributed by atoms with Crippen LogP contribution >= 0.6 is 0 Å². The van der Waals surface area contributed by atoms with E-state index < -0.39 is 5.69 Å². The van der Waals surface area contributed by atoms with Crippen LogP contribution in [-0.4, -0.2) is 24.5 Å². The van der Waals surface area contributed by atoms with E-state index in [0.717, 1.165) is 12.1 Å². The molecule has 0 atom stereocenters. The Morgan fingerprint density at radius 2 is 2.05 bits per heavy atom. The molecule has 0 amide bonds. The van der Waals surface area contributed by atoms with Crippen LogP contribution in [0.2, 0.25) is 0 Å². The van der Waals surface area contributed by atoms with Gasteiger partial charge in [0, 0.05) is 18.4 Å². The second kappa shape index (κ2) is 5.21. The van der Waals surface area contributed by atoms with Crippen molar-refractivity contribution in [2.75, 3.05) is 0 Å². The Labute approximate surface area is 109 Å². The molecule has 0 aliphatic carbocycles. The predicted octanol–water partition coefficient (Wildman–Crippen LogP) is 0.320. The molecule has 2 rings (SSSR count). The van der Waals surface area contributed by atoms with Crippen LogP contribution < -0.4 is 11.2 Å².